The van der Waals surface area contributed by atoms with Crippen molar-refractivity contribution >= 4 is 11.7 Å². The van der Waals surface area contributed by atoms with E-state index in [0.29, 0.717) is 6.07 Å². The van der Waals surface area contributed by atoms with E-state index in [4.69, 9.17) is 5.73 Å². The van der Waals surface area contributed by atoms with E-state index in [0.717, 1.165) is 6.33 Å². The molecule has 1 aromatic rings. The number of aromatic nitrogens is 2. The molecule has 0 spiro atoms. The first-order valence-electron chi connectivity index (χ1n) is 5.35. The van der Waals surface area contributed by atoms with Crippen molar-refractivity contribution in [1.29, 1.82) is 0 Å². The van der Waals surface area contributed by atoms with Crippen molar-refractivity contribution in [3.05, 3.63) is 18.1 Å². The third-order valence-electron chi connectivity index (χ3n) is 2.93. The fourth-order valence-electron chi connectivity index (χ4n) is 1.84. The van der Waals surface area contributed by atoms with Gasteiger partial charge in [-0.3, -0.25) is 4.79 Å². The molecule has 9 heteroatoms. The van der Waals surface area contributed by atoms with E-state index in [-0.39, 0.29) is 18.8 Å². The Bertz CT molecular complexity index is 507. The average Bonchev–Trinajstić information content (AvgIpc) is 2.73. The molecule has 0 bridgehead atoms. The smallest absolute Gasteiger partial charge is 0.367 e. The Morgan fingerprint density at radius 3 is 2.63 bits per heavy atom. The largest absolute Gasteiger partial charge is 0.433 e. The standard InChI is InChI=1S/C10H10F4N4O/c11-9(8(15)19)1-2-18(4-9)7-3-6(10(12,13)14)16-5-17-7/h3,5H,1-2,4H2,(H2,15,19). The molecular formula is C10H10F4N4O. The minimum absolute atomic E-state index is 0.0632. The normalized spacial score (nSPS) is 23.7. The first kappa shape index (κ1) is 13.5. The molecule has 1 saturated heterocycles. The van der Waals surface area contributed by atoms with Crippen LogP contribution in [-0.4, -0.2) is 34.6 Å². The lowest BCUT2D eigenvalue weighted by atomic mass is 10.1. The second-order valence-electron chi connectivity index (χ2n) is 4.26. The fraction of sp³-hybridized carbons (Fsp3) is 0.500. The average molecular weight is 278 g/mol. The molecule has 1 aliphatic heterocycles. The molecule has 19 heavy (non-hydrogen) atoms. The van der Waals surface area contributed by atoms with E-state index >= 15 is 0 Å². The Kier molecular flexibility index (Phi) is 3.07. The summed E-state index contributed by atoms with van der Waals surface area (Å²) in [6.07, 6.45) is -4.03. The Hall–Kier alpha value is -1.93. The topological polar surface area (TPSA) is 72.1 Å². The minimum atomic E-state index is -4.60. The maximum atomic E-state index is 13.9. The summed E-state index contributed by atoms with van der Waals surface area (Å²) in [6, 6.07) is 0.715. The fourth-order valence-corrected chi connectivity index (χ4v) is 1.84. The van der Waals surface area contributed by atoms with Crippen molar-refractivity contribution < 1.29 is 22.4 Å². The third-order valence-corrected chi connectivity index (χ3v) is 2.93. The summed E-state index contributed by atoms with van der Waals surface area (Å²) < 4.78 is 51.4. The van der Waals surface area contributed by atoms with Crippen LogP contribution in [-0.2, 0) is 11.0 Å². The van der Waals surface area contributed by atoms with Gasteiger partial charge in [0.15, 0.2) is 0 Å². The van der Waals surface area contributed by atoms with Crippen molar-refractivity contribution in [1.82, 2.24) is 9.97 Å². The van der Waals surface area contributed by atoms with E-state index in [1.807, 2.05) is 0 Å². The summed E-state index contributed by atoms with van der Waals surface area (Å²) in [5, 5.41) is 0. The number of carbonyl (C=O) groups excluding carboxylic acids is 1. The van der Waals surface area contributed by atoms with Crippen LogP contribution >= 0.6 is 0 Å². The van der Waals surface area contributed by atoms with Gasteiger partial charge in [-0.1, -0.05) is 0 Å². The highest BCUT2D eigenvalue weighted by atomic mass is 19.4. The van der Waals surface area contributed by atoms with Crippen LogP contribution in [0.5, 0.6) is 0 Å². The van der Waals surface area contributed by atoms with Gasteiger partial charge in [0.2, 0.25) is 5.67 Å². The van der Waals surface area contributed by atoms with Crippen LogP contribution in [0.25, 0.3) is 0 Å². The van der Waals surface area contributed by atoms with Gasteiger partial charge in [-0.2, -0.15) is 13.2 Å². The molecule has 2 rings (SSSR count). The van der Waals surface area contributed by atoms with Gasteiger partial charge in [-0.15, -0.1) is 0 Å². The molecule has 2 heterocycles. The summed E-state index contributed by atoms with van der Waals surface area (Å²) in [7, 11) is 0. The van der Waals surface area contributed by atoms with Gasteiger partial charge in [-0.25, -0.2) is 14.4 Å². The maximum absolute atomic E-state index is 13.9. The molecule has 1 atom stereocenters. The van der Waals surface area contributed by atoms with Gasteiger partial charge in [0.05, 0.1) is 6.54 Å². The Balaban J connectivity index is 2.23. The predicted octanol–water partition coefficient (Wildman–Crippen LogP) is 0.899. The van der Waals surface area contributed by atoms with E-state index in [2.05, 4.69) is 9.97 Å². The molecule has 1 amide bonds. The lowest BCUT2D eigenvalue weighted by Crippen LogP contribution is -2.42. The summed E-state index contributed by atoms with van der Waals surface area (Å²) in [4.78, 5) is 18.9. The van der Waals surface area contributed by atoms with E-state index < -0.39 is 30.0 Å². The summed E-state index contributed by atoms with van der Waals surface area (Å²) >= 11 is 0. The van der Waals surface area contributed by atoms with Gasteiger partial charge < -0.3 is 10.6 Å². The monoisotopic (exact) mass is 278 g/mol. The highest BCUT2D eigenvalue weighted by Crippen LogP contribution is 2.32. The molecule has 1 unspecified atom stereocenters. The third kappa shape index (κ3) is 2.59. The second kappa shape index (κ2) is 4.32. The van der Waals surface area contributed by atoms with Crippen molar-refractivity contribution in [2.24, 2.45) is 5.73 Å². The summed E-state index contributed by atoms with van der Waals surface area (Å²) in [5.41, 5.74) is 1.57. The first-order valence-corrected chi connectivity index (χ1v) is 5.35. The zero-order chi connectivity index (χ0) is 14.3. The molecule has 0 aromatic carbocycles. The van der Waals surface area contributed by atoms with E-state index in [1.165, 1.54) is 4.90 Å². The van der Waals surface area contributed by atoms with Gasteiger partial charge in [0.25, 0.3) is 5.91 Å². The summed E-state index contributed by atoms with van der Waals surface area (Å²) in [5.74, 6) is -1.21. The zero-order valence-electron chi connectivity index (χ0n) is 9.62. The molecule has 5 nitrogen and oxygen atoms in total. The van der Waals surface area contributed by atoms with E-state index in [9.17, 15) is 22.4 Å². The number of rotatable bonds is 2. The van der Waals surface area contributed by atoms with Crippen molar-refractivity contribution in [2.75, 3.05) is 18.0 Å². The highest BCUT2D eigenvalue weighted by Gasteiger charge is 2.44. The zero-order valence-corrected chi connectivity index (χ0v) is 9.62. The van der Waals surface area contributed by atoms with Gasteiger partial charge in [0, 0.05) is 19.0 Å². The van der Waals surface area contributed by atoms with Crippen molar-refractivity contribution in [2.45, 2.75) is 18.3 Å². The van der Waals surface area contributed by atoms with Crippen LogP contribution in [0, 0.1) is 0 Å². The lowest BCUT2D eigenvalue weighted by Gasteiger charge is -2.19. The predicted molar refractivity (Wildman–Crippen MR) is 56.9 cm³/mol. The van der Waals surface area contributed by atoms with Crippen LogP contribution in [0.4, 0.5) is 23.4 Å². The molecule has 0 saturated carbocycles. The molecule has 0 radical (unpaired) electrons. The van der Waals surface area contributed by atoms with Crippen LogP contribution < -0.4 is 10.6 Å². The molecule has 0 aliphatic carbocycles. The molecule has 104 valence electrons. The number of hydrogen-bond donors (Lipinski definition) is 1. The van der Waals surface area contributed by atoms with E-state index in [1.54, 1.807) is 0 Å². The number of nitrogens with two attached hydrogens (primary N) is 1. The second-order valence-corrected chi connectivity index (χ2v) is 4.26. The van der Waals surface area contributed by atoms with Gasteiger partial charge in [-0.05, 0) is 0 Å². The van der Waals surface area contributed by atoms with Crippen molar-refractivity contribution in [3.8, 4) is 0 Å². The van der Waals surface area contributed by atoms with Crippen molar-refractivity contribution in [3.63, 3.8) is 0 Å². The van der Waals surface area contributed by atoms with Gasteiger partial charge >= 0.3 is 6.18 Å². The SMILES string of the molecule is NC(=O)C1(F)CCN(c2cc(C(F)(F)F)ncn2)C1. The molecule has 2 N–H and O–H groups in total. The molecule has 1 aliphatic rings. The van der Waals surface area contributed by atoms with Gasteiger partial charge in [0.1, 0.15) is 17.8 Å². The van der Waals surface area contributed by atoms with Crippen LogP contribution in [0.3, 0.4) is 0 Å². The minimum Gasteiger partial charge on any atom is -0.367 e. The van der Waals surface area contributed by atoms with Crippen LogP contribution in [0.2, 0.25) is 0 Å². The first-order chi connectivity index (χ1) is 8.72. The molecule has 1 fully saturated rings. The number of anilines is 1. The van der Waals surface area contributed by atoms with Crippen LogP contribution in [0.15, 0.2) is 12.4 Å². The molecular weight excluding hydrogens is 268 g/mol. The number of primary amides is 1. The summed E-state index contributed by atoms with van der Waals surface area (Å²) in [6.45, 7) is -0.343. The number of amides is 1. The number of nitrogens with zero attached hydrogens (tertiary/aromatic N) is 3. The number of halogens is 4. The Morgan fingerprint density at radius 1 is 1.42 bits per heavy atom. The quantitative estimate of drug-likeness (QED) is 0.816. The number of carbonyl (C=O) groups is 1. The Morgan fingerprint density at radius 2 is 2.11 bits per heavy atom. The maximum Gasteiger partial charge on any atom is 0.433 e. The lowest BCUT2D eigenvalue weighted by molar-refractivity contribution is -0.141. The molecule has 1 aromatic heterocycles. The highest BCUT2D eigenvalue weighted by molar-refractivity contribution is 5.85. The number of alkyl halides is 4. The van der Waals surface area contributed by atoms with Crippen LogP contribution in [0.1, 0.15) is 12.1 Å². The number of hydrogen-bond acceptors (Lipinski definition) is 4. The Labute approximate surface area is 105 Å².